The summed E-state index contributed by atoms with van der Waals surface area (Å²) in [6.07, 6.45) is 1.94. The van der Waals surface area contributed by atoms with Crippen LogP contribution in [-0.2, 0) is 0 Å². The van der Waals surface area contributed by atoms with Gasteiger partial charge in [-0.15, -0.1) is 0 Å². The summed E-state index contributed by atoms with van der Waals surface area (Å²) in [5.74, 6) is 0.882. The first-order valence-corrected chi connectivity index (χ1v) is 5.19. The van der Waals surface area contributed by atoms with E-state index in [1.54, 1.807) is 7.11 Å². The van der Waals surface area contributed by atoms with E-state index in [0.717, 1.165) is 11.4 Å². The molecule has 0 radical (unpaired) electrons. The molecule has 0 fully saturated rings. The molecule has 0 unspecified atom stereocenters. The minimum atomic E-state index is 0.882. The summed E-state index contributed by atoms with van der Waals surface area (Å²) >= 11 is 0. The highest BCUT2D eigenvalue weighted by Crippen LogP contribution is 2.24. The summed E-state index contributed by atoms with van der Waals surface area (Å²) in [6.45, 7) is 2.07. The van der Waals surface area contributed by atoms with Crippen molar-refractivity contribution in [2.45, 2.75) is 6.92 Å². The van der Waals surface area contributed by atoms with E-state index >= 15 is 0 Å². The monoisotopic (exact) mass is 213 g/mol. The molecule has 82 valence electrons. The van der Waals surface area contributed by atoms with Gasteiger partial charge in [-0.1, -0.05) is 18.2 Å². The minimum absolute atomic E-state index is 0.882. The van der Waals surface area contributed by atoms with E-state index < -0.39 is 0 Å². The number of pyridine rings is 1. The van der Waals surface area contributed by atoms with Crippen molar-refractivity contribution in [1.82, 2.24) is 0 Å². The average Bonchev–Trinajstić information content (AvgIpc) is 2.30. The molecule has 0 aliphatic carbocycles. The van der Waals surface area contributed by atoms with Gasteiger partial charge in [0.2, 0.25) is 0 Å². The van der Waals surface area contributed by atoms with E-state index in [2.05, 4.69) is 26.1 Å². The predicted octanol–water partition coefficient (Wildman–Crippen LogP) is 2.60. The van der Waals surface area contributed by atoms with Crippen molar-refractivity contribution < 1.29 is 9.30 Å². The van der Waals surface area contributed by atoms with Crippen LogP contribution in [0.1, 0.15) is 5.56 Å². The molecule has 1 aromatic carbocycles. The molecule has 1 aromatic heterocycles. The number of aromatic nitrogens is 1. The van der Waals surface area contributed by atoms with Crippen molar-refractivity contribution in [3.8, 4) is 17.0 Å². The molecule has 0 saturated carbocycles. The number of aryl methyl sites for hydroxylation is 1. The first-order valence-electron chi connectivity index (χ1n) is 5.19. The third-order valence-corrected chi connectivity index (χ3v) is 2.65. The first-order chi connectivity index (χ1) is 7.72. The molecule has 0 spiro atoms. The lowest BCUT2D eigenvalue weighted by Crippen LogP contribution is -2.27. The van der Waals surface area contributed by atoms with Gasteiger partial charge in [0, 0.05) is 7.05 Å². The molecule has 2 heteroatoms. The Labute approximate surface area is 96.1 Å². The van der Waals surface area contributed by atoms with Gasteiger partial charge in [0.05, 0.1) is 13.3 Å². The highest BCUT2D eigenvalue weighted by molar-refractivity contribution is 5.62. The Morgan fingerprint density at radius 2 is 2.00 bits per heavy atom. The Morgan fingerprint density at radius 1 is 1.19 bits per heavy atom. The van der Waals surface area contributed by atoms with Crippen LogP contribution in [0.15, 0.2) is 42.6 Å². The highest BCUT2D eigenvalue weighted by Gasteiger charge is 2.05. The molecule has 0 aliphatic heterocycles. The lowest BCUT2D eigenvalue weighted by molar-refractivity contribution is -0.600. The zero-order valence-corrected chi connectivity index (χ0v) is 9.60. The smallest absolute Gasteiger partial charge is 0.119 e. The summed E-state index contributed by atoms with van der Waals surface area (Å²) < 4.78 is 7.06. The maximum atomic E-state index is 5.19. The van der Waals surface area contributed by atoms with Crippen molar-refractivity contribution in [2.75, 3.05) is 7.11 Å². The van der Waals surface area contributed by atoms with Crippen LogP contribution in [-0.4, -0.2) is 7.11 Å². The third-order valence-electron chi connectivity index (χ3n) is 2.65. The maximum Gasteiger partial charge on any atom is 0.119 e. The summed E-state index contributed by atoms with van der Waals surface area (Å²) in [7, 11) is 5.65. The SMILES string of the molecule is [CH2-][n+]1ccccc1-c1ccc(OC)cc1C. The van der Waals surface area contributed by atoms with Crippen LogP contribution >= 0.6 is 0 Å². The van der Waals surface area contributed by atoms with Crippen molar-refractivity contribution in [2.24, 2.45) is 0 Å². The molecule has 0 saturated heterocycles. The van der Waals surface area contributed by atoms with Crippen LogP contribution in [0.2, 0.25) is 0 Å². The topological polar surface area (TPSA) is 13.1 Å². The zero-order valence-electron chi connectivity index (χ0n) is 9.60. The number of nitrogens with zero attached hydrogens (tertiary/aromatic N) is 1. The molecule has 1 heterocycles. The molecule has 0 N–H and O–H groups in total. The largest absolute Gasteiger partial charge is 0.497 e. The van der Waals surface area contributed by atoms with Crippen LogP contribution < -0.4 is 9.30 Å². The van der Waals surface area contributed by atoms with E-state index in [-0.39, 0.29) is 0 Å². The second kappa shape index (κ2) is 4.27. The Kier molecular flexibility index (Phi) is 2.82. The maximum absolute atomic E-state index is 5.19. The molecule has 0 atom stereocenters. The van der Waals surface area contributed by atoms with E-state index in [1.807, 2.05) is 35.0 Å². The Morgan fingerprint density at radius 3 is 2.62 bits per heavy atom. The fraction of sp³-hybridized carbons (Fsp3) is 0.143. The van der Waals surface area contributed by atoms with E-state index in [4.69, 9.17) is 4.74 Å². The molecule has 0 amide bonds. The third kappa shape index (κ3) is 1.87. The molecule has 2 nitrogen and oxygen atoms in total. The van der Waals surface area contributed by atoms with Gasteiger partial charge in [0.25, 0.3) is 0 Å². The van der Waals surface area contributed by atoms with Gasteiger partial charge >= 0.3 is 0 Å². The number of benzene rings is 1. The van der Waals surface area contributed by atoms with Crippen molar-refractivity contribution in [3.63, 3.8) is 0 Å². The number of rotatable bonds is 2. The number of methoxy groups -OCH3 is 1. The van der Waals surface area contributed by atoms with Gasteiger partial charge in [-0.05, 0) is 36.2 Å². The fourth-order valence-corrected chi connectivity index (χ4v) is 1.77. The van der Waals surface area contributed by atoms with Crippen LogP contribution in [0, 0.1) is 14.0 Å². The van der Waals surface area contributed by atoms with Gasteiger partial charge in [0.1, 0.15) is 11.4 Å². The Balaban J connectivity index is 2.53. The van der Waals surface area contributed by atoms with Crippen molar-refractivity contribution in [3.05, 3.63) is 55.2 Å². The fourth-order valence-electron chi connectivity index (χ4n) is 1.77. The van der Waals surface area contributed by atoms with Crippen molar-refractivity contribution >= 4 is 0 Å². The first kappa shape index (κ1) is 10.6. The number of hydrogen-bond donors (Lipinski definition) is 0. The lowest BCUT2D eigenvalue weighted by Gasteiger charge is -2.11. The van der Waals surface area contributed by atoms with Gasteiger partial charge in [0.15, 0.2) is 0 Å². The second-order valence-corrected chi connectivity index (χ2v) is 3.74. The standard InChI is InChI=1S/C14H15NO/c1-11-10-12(16-3)7-8-13(11)14-6-4-5-9-15(14)2/h4-10H,2H2,1,3H3. The normalized spacial score (nSPS) is 10.1. The molecule has 0 aliphatic rings. The molecule has 16 heavy (non-hydrogen) atoms. The van der Waals surface area contributed by atoms with Gasteiger partial charge in [-0.25, -0.2) is 0 Å². The van der Waals surface area contributed by atoms with Crippen LogP contribution in [0.25, 0.3) is 11.3 Å². The average molecular weight is 213 g/mol. The number of hydrogen-bond acceptors (Lipinski definition) is 1. The Bertz CT molecular complexity index is 506. The highest BCUT2D eigenvalue weighted by atomic mass is 16.5. The van der Waals surface area contributed by atoms with Gasteiger partial charge < -0.3 is 9.30 Å². The molecule has 2 aromatic rings. The van der Waals surface area contributed by atoms with Crippen LogP contribution in [0.3, 0.4) is 0 Å². The quantitative estimate of drug-likeness (QED) is 0.552. The summed E-state index contributed by atoms with van der Waals surface area (Å²) in [5, 5.41) is 0. The number of ether oxygens (including phenoxy) is 1. The van der Waals surface area contributed by atoms with Crippen LogP contribution in [0.4, 0.5) is 0 Å². The second-order valence-electron chi connectivity index (χ2n) is 3.74. The molecule has 0 bridgehead atoms. The minimum Gasteiger partial charge on any atom is -0.497 e. The molecular formula is C14H15NO. The molecular weight excluding hydrogens is 198 g/mol. The van der Waals surface area contributed by atoms with Crippen molar-refractivity contribution in [1.29, 1.82) is 0 Å². The van der Waals surface area contributed by atoms with Gasteiger partial charge in [-0.3, -0.25) is 0 Å². The predicted molar refractivity (Wildman–Crippen MR) is 64.1 cm³/mol. The summed E-state index contributed by atoms with van der Waals surface area (Å²) in [4.78, 5) is 0. The van der Waals surface area contributed by atoms with E-state index in [0.29, 0.717) is 0 Å². The summed E-state index contributed by atoms with van der Waals surface area (Å²) in [5.41, 5.74) is 3.46. The lowest BCUT2D eigenvalue weighted by atomic mass is 10.0. The summed E-state index contributed by atoms with van der Waals surface area (Å²) in [6, 6.07) is 12.1. The van der Waals surface area contributed by atoms with Crippen LogP contribution in [0.5, 0.6) is 5.75 Å². The van der Waals surface area contributed by atoms with E-state index in [1.165, 1.54) is 11.1 Å². The van der Waals surface area contributed by atoms with E-state index in [9.17, 15) is 0 Å². The Hall–Kier alpha value is -1.96. The zero-order chi connectivity index (χ0) is 11.5. The van der Waals surface area contributed by atoms with Gasteiger partial charge in [-0.2, -0.15) is 0 Å². The molecule has 2 rings (SSSR count).